The first-order valence-electron chi connectivity index (χ1n) is 9.30. The van der Waals surface area contributed by atoms with Gasteiger partial charge in [0.25, 0.3) is 0 Å². The number of hydrogen-bond donors (Lipinski definition) is 1. The molecule has 0 spiro atoms. The third-order valence-corrected chi connectivity index (χ3v) is 5.98. The molecule has 1 aliphatic carbocycles. The molecule has 2 fully saturated rings. The van der Waals surface area contributed by atoms with E-state index in [-0.39, 0.29) is 18.0 Å². The van der Waals surface area contributed by atoms with Crippen molar-refractivity contribution in [1.82, 2.24) is 0 Å². The normalized spacial score (nSPS) is 42.7. The van der Waals surface area contributed by atoms with E-state index in [0.29, 0.717) is 30.4 Å². The molecular weight excluding hydrogens is 336 g/mol. The largest absolute Gasteiger partial charge is 0.461 e. The SMILES string of the molecule is C=C1C(=O)O[C@@H]2/C=C(/C)[C@@H](O)C[C@H]3O[C@]3(C)C[C@@H](OC(=O)[C@@H](C)CC)[C@@H]12. The van der Waals surface area contributed by atoms with Gasteiger partial charge in [0.2, 0.25) is 0 Å². The second-order valence-corrected chi connectivity index (χ2v) is 7.99. The minimum atomic E-state index is -0.658. The third-order valence-electron chi connectivity index (χ3n) is 5.98. The van der Waals surface area contributed by atoms with Crippen LogP contribution < -0.4 is 0 Å². The van der Waals surface area contributed by atoms with Gasteiger partial charge in [-0.15, -0.1) is 0 Å². The van der Waals surface area contributed by atoms with Crippen molar-refractivity contribution in [3.05, 3.63) is 23.8 Å². The Morgan fingerprint density at radius 1 is 1.54 bits per heavy atom. The highest BCUT2D eigenvalue weighted by Crippen LogP contribution is 2.48. The number of carbonyl (C=O) groups is 2. The highest BCUT2D eigenvalue weighted by atomic mass is 16.6. The molecule has 0 aromatic rings. The zero-order valence-electron chi connectivity index (χ0n) is 15.9. The van der Waals surface area contributed by atoms with Crippen molar-refractivity contribution in [2.45, 2.75) is 77.0 Å². The van der Waals surface area contributed by atoms with Gasteiger partial charge in [-0.1, -0.05) is 20.4 Å². The van der Waals surface area contributed by atoms with E-state index in [1.165, 1.54) is 0 Å². The van der Waals surface area contributed by atoms with Crippen LogP contribution in [0.25, 0.3) is 0 Å². The van der Waals surface area contributed by atoms with Crippen molar-refractivity contribution >= 4 is 11.9 Å². The lowest BCUT2D eigenvalue weighted by molar-refractivity contribution is -0.157. The first-order chi connectivity index (χ1) is 12.2. The summed E-state index contributed by atoms with van der Waals surface area (Å²) in [7, 11) is 0. The van der Waals surface area contributed by atoms with E-state index in [1.807, 2.05) is 20.8 Å². The maximum absolute atomic E-state index is 12.4. The summed E-state index contributed by atoms with van der Waals surface area (Å²) in [6.07, 6.45) is 1.42. The van der Waals surface area contributed by atoms with Gasteiger partial charge in [-0.05, 0) is 31.9 Å². The number of hydrogen-bond acceptors (Lipinski definition) is 6. The van der Waals surface area contributed by atoms with Gasteiger partial charge >= 0.3 is 11.9 Å². The number of aliphatic hydroxyl groups excluding tert-OH is 1. The van der Waals surface area contributed by atoms with Crippen molar-refractivity contribution in [3.63, 3.8) is 0 Å². The topological polar surface area (TPSA) is 85.4 Å². The Morgan fingerprint density at radius 3 is 2.88 bits per heavy atom. The molecule has 7 atom stereocenters. The molecule has 6 nitrogen and oxygen atoms in total. The summed E-state index contributed by atoms with van der Waals surface area (Å²) in [5, 5.41) is 10.4. The van der Waals surface area contributed by atoms with Gasteiger partial charge in [0.15, 0.2) is 0 Å². The van der Waals surface area contributed by atoms with Crippen molar-refractivity contribution in [2.75, 3.05) is 0 Å². The molecule has 0 bridgehead atoms. The fourth-order valence-corrected chi connectivity index (χ4v) is 3.78. The molecule has 0 radical (unpaired) electrons. The minimum Gasteiger partial charge on any atom is -0.461 e. The number of epoxide rings is 1. The van der Waals surface area contributed by atoms with Crippen LogP contribution in [0.3, 0.4) is 0 Å². The van der Waals surface area contributed by atoms with Gasteiger partial charge in [-0.2, -0.15) is 0 Å². The summed E-state index contributed by atoms with van der Waals surface area (Å²) in [6.45, 7) is 11.4. The van der Waals surface area contributed by atoms with Crippen molar-refractivity contribution in [2.24, 2.45) is 11.8 Å². The zero-order valence-corrected chi connectivity index (χ0v) is 15.9. The van der Waals surface area contributed by atoms with Crippen molar-refractivity contribution < 1.29 is 28.9 Å². The lowest BCUT2D eigenvalue weighted by atomic mass is 9.82. The quantitative estimate of drug-likeness (QED) is 0.358. The molecule has 0 unspecified atom stereocenters. The van der Waals surface area contributed by atoms with E-state index in [0.717, 1.165) is 0 Å². The summed E-state index contributed by atoms with van der Waals surface area (Å²) >= 11 is 0. The highest BCUT2D eigenvalue weighted by molar-refractivity contribution is 5.91. The van der Waals surface area contributed by atoms with Crippen LogP contribution in [-0.4, -0.2) is 47.1 Å². The second kappa shape index (κ2) is 6.82. The van der Waals surface area contributed by atoms with Crippen LogP contribution in [0.4, 0.5) is 0 Å². The molecule has 0 aromatic heterocycles. The van der Waals surface area contributed by atoms with Gasteiger partial charge in [-0.25, -0.2) is 4.79 Å². The van der Waals surface area contributed by atoms with Crippen molar-refractivity contribution in [3.8, 4) is 0 Å². The van der Waals surface area contributed by atoms with Gasteiger partial charge in [0.1, 0.15) is 12.2 Å². The smallest absolute Gasteiger partial charge is 0.334 e. The molecule has 2 aliphatic heterocycles. The van der Waals surface area contributed by atoms with E-state index in [2.05, 4.69) is 6.58 Å². The molecular formula is C20H28O6. The standard InChI is InChI=1S/C20H28O6/c1-6-10(2)18(22)25-15-9-20(5)16(26-20)8-13(21)11(3)7-14-17(15)12(4)19(23)24-14/h7,10,13-17,21H,4,6,8-9H2,1-3,5H3/b11-7-/t10-,13-,14+,15+,16+,17-,20+/m0/s1. The summed E-state index contributed by atoms with van der Waals surface area (Å²) in [6, 6.07) is 0. The first-order valence-corrected chi connectivity index (χ1v) is 9.30. The molecule has 0 aromatic carbocycles. The van der Waals surface area contributed by atoms with Crippen LogP contribution in [0.15, 0.2) is 23.8 Å². The number of aliphatic hydroxyl groups is 1. The molecule has 3 rings (SSSR count). The van der Waals surface area contributed by atoms with Crippen LogP contribution in [0.1, 0.15) is 47.0 Å². The van der Waals surface area contributed by atoms with Crippen LogP contribution in [-0.2, 0) is 23.8 Å². The van der Waals surface area contributed by atoms with Crippen LogP contribution >= 0.6 is 0 Å². The summed E-state index contributed by atoms with van der Waals surface area (Å²) in [5.74, 6) is -1.47. The maximum atomic E-state index is 12.4. The monoisotopic (exact) mass is 364 g/mol. The number of fused-ring (bicyclic) bond motifs is 2. The Morgan fingerprint density at radius 2 is 2.23 bits per heavy atom. The Hall–Kier alpha value is -1.66. The Labute approximate surface area is 154 Å². The summed E-state index contributed by atoms with van der Waals surface area (Å²) in [5.41, 5.74) is 0.529. The molecule has 0 saturated carbocycles. The summed E-state index contributed by atoms with van der Waals surface area (Å²) in [4.78, 5) is 24.6. The van der Waals surface area contributed by atoms with E-state index in [1.54, 1.807) is 13.0 Å². The second-order valence-electron chi connectivity index (χ2n) is 7.99. The predicted molar refractivity (Wildman–Crippen MR) is 94.1 cm³/mol. The van der Waals surface area contributed by atoms with Gasteiger partial charge < -0.3 is 19.3 Å². The van der Waals surface area contributed by atoms with Crippen LogP contribution in [0.5, 0.6) is 0 Å². The first kappa shape index (κ1) is 19.1. The highest BCUT2D eigenvalue weighted by Gasteiger charge is 2.57. The fraction of sp³-hybridized carbons (Fsp3) is 0.700. The molecule has 6 heteroatoms. The fourth-order valence-electron chi connectivity index (χ4n) is 3.78. The third kappa shape index (κ3) is 3.45. The van der Waals surface area contributed by atoms with E-state index < -0.39 is 35.8 Å². The van der Waals surface area contributed by atoms with Gasteiger partial charge in [0, 0.05) is 18.4 Å². The lowest BCUT2D eigenvalue weighted by Gasteiger charge is -2.29. The van der Waals surface area contributed by atoms with E-state index in [4.69, 9.17) is 14.2 Å². The molecule has 26 heavy (non-hydrogen) atoms. The van der Waals surface area contributed by atoms with Crippen molar-refractivity contribution in [1.29, 1.82) is 0 Å². The Kier molecular flexibility index (Phi) is 5.01. The summed E-state index contributed by atoms with van der Waals surface area (Å²) < 4.78 is 17.1. The Bertz CT molecular complexity index is 653. The maximum Gasteiger partial charge on any atom is 0.334 e. The number of ether oxygens (including phenoxy) is 3. The van der Waals surface area contributed by atoms with Gasteiger partial charge in [0.05, 0.1) is 29.6 Å². The molecule has 2 saturated heterocycles. The predicted octanol–water partition coefficient (Wildman–Crippen LogP) is 2.30. The molecule has 1 N–H and O–H groups in total. The average Bonchev–Trinajstić information content (AvgIpc) is 3.11. The van der Waals surface area contributed by atoms with E-state index in [9.17, 15) is 14.7 Å². The average molecular weight is 364 g/mol. The van der Waals surface area contributed by atoms with E-state index >= 15 is 0 Å². The number of esters is 2. The van der Waals surface area contributed by atoms with Crippen LogP contribution in [0.2, 0.25) is 0 Å². The molecule has 3 aliphatic rings. The zero-order chi connectivity index (χ0) is 19.2. The molecule has 2 heterocycles. The molecule has 0 amide bonds. The van der Waals surface area contributed by atoms with Gasteiger partial charge in [-0.3, -0.25) is 4.79 Å². The number of rotatable bonds is 3. The Balaban J connectivity index is 1.95. The minimum absolute atomic E-state index is 0.103. The molecule has 144 valence electrons. The van der Waals surface area contributed by atoms with Crippen LogP contribution in [0, 0.1) is 11.8 Å². The number of carbonyl (C=O) groups excluding carboxylic acids is 2. The lowest BCUT2D eigenvalue weighted by Crippen LogP contribution is -2.38.